The van der Waals surface area contributed by atoms with Crippen LogP contribution in [0.25, 0.3) is 0 Å². The molecule has 0 spiro atoms. The number of amides is 2. The van der Waals surface area contributed by atoms with E-state index in [1.807, 2.05) is 18.7 Å². The number of nitrogens with zero attached hydrogens (tertiary/aromatic N) is 1. The molecule has 2 amide bonds. The Kier molecular flexibility index (Phi) is 6.24. The van der Waals surface area contributed by atoms with Crippen molar-refractivity contribution in [2.75, 3.05) is 19.6 Å². The van der Waals surface area contributed by atoms with Gasteiger partial charge in [0.1, 0.15) is 0 Å². The van der Waals surface area contributed by atoms with Gasteiger partial charge in [0.05, 0.1) is 12.0 Å². The summed E-state index contributed by atoms with van der Waals surface area (Å²) in [5, 5.41) is 12.8. The van der Waals surface area contributed by atoms with E-state index in [0.29, 0.717) is 13.1 Å². The quantitative estimate of drug-likeness (QED) is 0.809. The van der Waals surface area contributed by atoms with Crippen molar-refractivity contribution in [3.63, 3.8) is 0 Å². The van der Waals surface area contributed by atoms with Crippen molar-refractivity contribution < 1.29 is 14.7 Å². The molecule has 0 aromatic rings. The number of likely N-dealkylation sites (tertiary alicyclic amines) is 1. The molecule has 5 heteroatoms. The van der Waals surface area contributed by atoms with Crippen molar-refractivity contribution >= 4 is 11.8 Å². The van der Waals surface area contributed by atoms with Crippen molar-refractivity contribution in [2.45, 2.75) is 58.5 Å². The first kappa shape index (κ1) is 17.3. The van der Waals surface area contributed by atoms with Crippen molar-refractivity contribution in [1.82, 2.24) is 10.2 Å². The first-order chi connectivity index (χ1) is 10.5. The van der Waals surface area contributed by atoms with Gasteiger partial charge < -0.3 is 15.3 Å². The highest BCUT2D eigenvalue weighted by Gasteiger charge is 2.31. The number of carbonyl (C=O) groups excluding carboxylic acids is 2. The third kappa shape index (κ3) is 4.22. The van der Waals surface area contributed by atoms with Crippen molar-refractivity contribution in [2.24, 2.45) is 17.8 Å². The third-order valence-corrected chi connectivity index (χ3v) is 5.30. The molecule has 0 radical (unpaired) electrons. The normalized spacial score (nSPS) is 30.1. The van der Waals surface area contributed by atoms with Gasteiger partial charge in [-0.1, -0.05) is 20.3 Å². The van der Waals surface area contributed by atoms with E-state index in [4.69, 9.17) is 0 Å². The Morgan fingerprint density at radius 3 is 2.68 bits per heavy atom. The van der Waals surface area contributed by atoms with Crippen LogP contribution in [0.5, 0.6) is 0 Å². The fourth-order valence-corrected chi connectivity index (χ4v) is 3.51. The SMILES string of the molecule is CCC(C)C(=O)N1CCCC(C(=O)NCC2CCCC2O)C1. The Labute approximate surface area is 133 Å². The molecule has 22 heavy (non-hydrogen) atoms. The number of aliphatic hydroxyl groups is 1. The summed E-state index contributed by atoms with van der Waals surface area (Å²) in [5.74, 6) is 0.355. The maximum atomic E-state index is 12.3. The molecule has 0 bridgehead atoms. The van der Waals surface area contributed by atoms with Gasteiger partial charge in [0.25, 0.3) is 0 Å². The van der Waals surface area contributed by atoms with Gasteiger partial charge in [-0.25, -0.2) is 0 Å². The van der Waals surface area contributed by atoms with Crippen LogP contribution in [-0.2, 0) is 9.59 Å². The number of hydrogen-bond donors (Lipinski definition) is 2. The zero-order valence-corrected chi connectivity index (χ0v) is 13.9. The minimum atomic E-state index is -0.268. The standard InChI is InChI=1S/C17H30N2O3/c1-3-12(2)17(22)19-9-5-7-14(11-19)16(21)18-10-13-6-4-8-15(13)20/h12-15,20H,3-11H2,1-2H3,(H,18,21). The largest absolute Gasteiger partial charge is 0.393 e. The van der Waals surface area contributed by atoms with Gasteiger partial charge in [0, 0.05) is 31.5 Å². The monoisotopic (exact) mass is 310 g/mol. The fraction of sp³-hybridized carbons (Fsp3) is 0.882. The summed E-state index contributed by atoms with van der Waals surface area (Å²) < 4.78 is 0. The van der Waals surface area contributed by atoms with Crippen LogP contribution in [0.2, 0.25) is 0 Å². The minimum absolute atomic E-state index is 0.0375. The summed E-state index contributed by atoms with van der Waals surface area (Å²) in [4.78, 5) is 26.5. The first-order valence-corrected chi connectivity index (χ1v) is 8.77. The molecule has 4 atom stereocenters. The molecule has 2 rings (SSSR count). The van der Waals surface area contributed by atoms with Gasteiger partial charge >= 0.3 is 0 Å². The molecule has 0 aromatic heterocycles. The molecule has 1 heterocycles. The lowest BCUT2D eigenvalue weighted by Gasteiger charge is -2.33. The molecule has 1 saturated heterocycles. The third-order valence-electron chi connectivity index (χ3n) is 5.30. The minimum Gasteiger partial charge on any atom is -0.393 e. The van der Waals surface area contributed by atoms with E-state index in [2.05, 4.69) is 5.32 Å². The van der Waals surface area contributed by atoms with Crippen LogP contribution in [0.15, 0.2) is 0 Å². The Bertz CT molecular complexity index is 399. The summed E-state index contributed by atoms with van der Waals surface area (Å²) in [7, 11) is 0. The van der Waals surface area contributed by atoms with Crippen LogP contribution < -0.4 is 5.32 Å². The zero-order chi connectivity index (χ0) is 16.1. The molecule has 1 aliphatic carbocycles. The number of carbonyl (C=O) groups is 2. The number of nitrogens with one attached hydrogen (secondary N) is 1. The lowest BCUT2D eigenvalue weighted by molar-refractivity contribution is -0.139. The van der Waals surface area contributed by atoms with Crippen LogP contribution in [0.4, 0.5) is 0 Å². The Morgan fingerprint density at radius 1 is 1.27 bits per heavy atom. The Hall–Kier alpha value is -1.10. The highest BCUT2D eigenvalue weighted by Crippen LogP contribution is 2.25. The number of piperidine rings is 1. The lowest BCUT2D eigenvalue weighted by Crippen LogP contribution is -2.47. The maximum Gasteiger partial charge on any atom is 0.225 e. The Morgan fingerprint density at radius 2 is 2.05 bits per heavy atom. The van der Waals surface area contributed by atoms with Gasteiger partial charge in [0.2, 0.25) is 11.8 Å². The summed E-state index contributed by atoms with van der Waals surface area (Å²) in [6, 6.07) is 0. The van der Waals surface area contributed by atoms with Crippen molar-refractivity contribution in [3.8, 4) is 0 Å². The van der Waals surface area contributed by atoms with Gasteiger partial charge in [-0.2, -0.15) is 0 Å². The number of hydrogen-bond acceptors (Lipinski definition) is 3. The molecule has 2 fully saturated rings. The molecular weight excluding hydrogens is 280 g/mol. The molecule has 1 saturated carbocycles. The second-order valence-corrected chi connectivity index (χ2v) is 6.94. The second kappa shape index (κ2) is 7.95. The summed E-state index contributed by atoms with van der Waals surface area (Å²) >= 11 is 0. The Balaban J connectivity index is 1.81. The molecule has 1 aliphatic heterocycles. The van der Waals surface area contributed by atoms with E-state index in [1.165, 1.54) is 0 Å². The molecule has 126 valence electrons. The van der Waals surface area contributed by atoms with E-state index >= 15 is 0 Å². The average Bonchev–Trinajstić information content (AvgIpc) is 2.96. The van der Waals surface area contributed by atoms with Crippen LogP contribution in [0.1, 0.15) is 52.4 Å². The molecule has 0 aromatic carbocycles. The predicted octanol–water partition coefficient (Wildman–Crippen LogP) is 1.55. The van der Waals surface area contributed by atoms with Crippen LogP contribution >= 0.6 is 0 Å². The molecule has 5 nitrogen and oxygen atoms in total. The van der Waals surface area contributed by atoms with Crippen molar-refractivity contribution in [1.29, 1.82) is 0 Å². The zero-order valence-electron chi connectivity index (χ0n) is 13.9. The van der Waals surface area contributed by atoms with Crippen LogP contribution in [-0.4, -0.2) is 47.6 Å². The van der Waals surface area contributed by atoms with Gasteiger partial charge in [-0.15, -0.1) is 0 Å². The molecular formula is C17H30N2O3. The lowest BCUT2D eigenvalue weighted by atomic mass is 9.95. The smallest absolute Gasteiger partial charge is 0.225 e. The van der Waals surface area contributed by atoms with Gasteiger partial charge in [-0.05, 0) is 32.1 Å². The second-order valence-electron chi connectivity index (χ2n) is 6.94. The summed E-state index contributed by atoms with van der Waals surface area (Å²) in [5.41, 5.74) is 0. The predicted molar refractivity (Wildman–Crippen MR) is 85.1 cm³/mol. The average molecular weight is 310 g/mol. The van der Waals surface area contributed by atoms with E-state index < -0.39 is 0 Å². The van der Waals surface area contributed by atoms with Gasteiger partial charge in [-0.3, -0.25) is 9.59 Å². The van der Waals surface area contributed by atoms with Crippen LogP contribution in [0, 0.1) is 17.8 Å². The van der Waals surface area contributed by atoms with Gasteiger partial charge in [0.15, 0.2) is 0 Å². The molecule has 2 N–H and O–H groups in total. The van der Waals surface area contributed by atoms with Crippen LogP contribution in [0.3, 0.4) is 0 Å². The first-order valence-electron chi connectivity index (χ1n) is 8.77. The molecule has 4 unspecified atom stereocenters. The highest BCUT2D eigenvalue weighted by atomic mass is 16.3. The number of rotatable bonds is 5. The fourth-order valence-electron chi connectivity index (χ4n) is 3.51. The summed E-state index contributed by atoms with van der Waals surface area (Å²) in [6.07, 6.45) is 5.20. The van der Waals surface area contributed by atoms with E-state index in [-0.39, 0.29) is 35.7 Å². The maximum absolute atomic E-state index is 12.3. The highest BCUT2D eigenvalue weighted by molar-refractivity contribution is 5.82. The summed E-state index contributed by atoms with van der Waals surface area (Å²) in [6.45, 7) is 5.85. The topological polar surface area (TPSA) is 69.6 Å². The van der Waals surface area contributed by atoms with E-state index in [9.17, 15) is 14.7 Å². The van der Waals surface area contributed by atoms with Crippen molar-refractivity contribution in [3.05, 3.63) is 0 Å². The van der Waals surface area contributed by atoms with E-state index in [1.54, 1.807) is 0 Å². The molecule has 2 aliphatic rings. The van der Waals surface area contributed by atoms with E-state index in [0.717, 1.165) is 45.1 Å². The number of aliphatic hydroxyl groups excluding tert-OH is 1.